The molecule has 6 nitrogen and oxygen atoms in total. The van der Waals surface area contributed by atoms with Crippen molar-refractivity contribution in [2.24, 2.45) is 5.73 Å². The first-order valence-corrected chi connectivity index (χ1v) is 7.77. The van der Waals surface area contributed by atoms with E-state index < -0.39 is 23.9 Å². The number of amides is 2. The van der Waals surface area contributed by atoms with E-state index in [1.807, 2.05) is 26.0 Å². The Labute approximate surface area is 146 Å². The smallest absolute Gasteiger partial charge is 0.339 e. The second kappa shape index (κ2) is 7.61. The first-order chi connectivity index (χ1) is 11.8. The van der Waals surface area contributed by atoms with Gasteiger partial charge in [0, 0.05) is 11.3 Å². The van der Waals surface area contributed by atoms with E-state index in [-0.39, 0.29) is 0 Å². The van der Waals surface area contributed by atoms with Crippen molar-refractivity contribution in [3.8, 4) is 0 Å². The fourth-order valence-electron chi connectivity index (χ4n) is 2.28. The zero-order chi connectivity index (χ0) is 18.6. The fraction of sp³-hybridized carbons (Fsp3) is 0.211. The van der Waals surface area contributed by atoms with Crippen LogP contribution >= 0.6 is 0 Å². The Bertz CT molecular complexity index is 813. The van der Waals surface area contributed by atoms with Gasteiger partial charge in [-0.1, -0.05) is 17.7 Å². The number of esters is 1. The third kappa shape index (κ3) is 4.67. The highest BCUT2D eigenvalue weighted by Gasteiger charge is 2.20. The van der Waals surface area contributed by atoms with E-state index in [1.165, 1.54) is 19.1 Å². The minimum Gasteiger partial charge on any atom is -0.449 e. The maximum atomic E-state index is 12.2. The molecule has 25 heavy (non-hydrogen) atoms. The van der Waals surface area contributed by atoms with Crippen LogP contribution in [-0.2, 0) is 9.53 Å². The zero-order valence-corrected chi connectivity index (χ0v) is 14.3. The molecule has 0 aliphatic rings. The maximum Gasteiger partial charge on any atom is 0.339 e. The Morgan fingerprint density at radius 1 is 1.04 bits per heavy atom. The summed E-state index contributed by atoms with van der Waals surface area (Å²) in [5.74, 6) is -1.57. The predicted octanol–water partition coefficient (Wildman–Crippen LogP) is 2.59. The van der Waals surface area contributed by atoms with Gasteiger partial charge in [-0.3, -0.25) is 9.59 Å². The van der Waals surface area contributed by atoms with Gasteiger partial charge >= 0.3 is 5.97 Å². The van der Waals surface area contributed by atoms with Gasteiger partial charge in [0.05, 0.1) is 5.56 Å². The van der Waals surface area contributed by atoms with Crippen molar-refractivity contribution >= 4 is 23.5 Å². The molecule has 0 spiro atoms. The van der Waals surface area contributed by atoms with E-state index in [2.05, 4.69) is 5.32 Å². The van der Waals surface area contributed by atoms with Crippen molar-refractivity contribution < 1.29 is 19.1 Å². The monoisotopic (exact) mass is 340 g/mol. The normalized spacial score (nSPS) is 11.5. The highest BCUT2D eigenvalue weighted by atomic mass is 16.5. The van der Waals surface area contributed by atoms with E-state index in [9.17, 15) is 14.4 Å². The molecule has 3 N–H and O–H groups in total. The quantitative estimate of drug-likeness (QED) is 0.817. The predicted molar refractivity (Wildman–Crippen MR) is 94.4 cm³/mol. The van der Waals surface area contributed by atoms with Crippen molar-refractivity contribution in [2.75, 3.05) is 5.32 Å². The maximum absolute atomic E-state index is 12.2. The summed E-state index contributed by atoms with van der Waals surface area (Å²) in [6.45, 7) is 5.24. The van der Waals surface area contributed by atoms with Gasteiger partial charge in [0.2, 0.25) is 5.91 Å². The fourth-order valence-corrected chi connectivity index (χ4v) is 2.28. The molecule has 0 fully saturated rings. The molecule has 0 radical (unpaired) electrons. The van der Waals surface area contributed by atoms with Crippen molar-refractivity contribution in [3.63, 3.8) is 0 Å². The van der Waals surface area contributed by atoms with Crippen LogP contribution in [0.15, 0.2) is 42.5 Å². The Morgan fingerprint density at radius 2 is 1.68 bits per heavy atom. The number of carbonyl (C=O) groups excluding carboxylic acids is 3. The molecule has 2 aromatic carbocycles. The Kier molecular flexibility index (Phi) is 5.54. The second-order valence-electron chi connectivity index (χ2n) is 5.80. The number of rotatable bonds is 5. The molecule has 0 aromatic heterocycles. The Morgan fingerprint density at radius 3 is 2.24 bits per heavy atom. The molecule has 0 aliphatic carbocycles. The van der Waals surface area contributed by atoms with Gasteiger partial charge < -0.3 is 15.8 Å². The molecular weight excluding hydrogens is 320 g/mol. The van der Waals surface area contributed by atoms with Crippen LogP contribution in [0.1, 0.15) is 38.8 Å². The average Bonchev–Trinajstić information content (AvgIpc) is 2.55. The van der Waals surface area contributed by atoms with E-state index >= 15 is 0 Å². The SMILES string of the molecule is Cc1ccc(C(=O)O[C@H](C)C(=O)Nc2ccc(C(N)=O)cc2)c(C)c1. The lowest BCUT2D eigenvalue weighted by atomic mass is 10.1. The van der Waals surface area contributed by atoms with Gasteiger partial charge in [-0.2, -0.15) is 0 Å². The van der Waals surface area contributed by atoms with E-state index in [1.54, 1.807) is 18.2 Å². The van der Waals surface area contributed by atoms with Crippen LogP contribution in [0.4, 0.5) is 5.69 Å². The van der Waals surface area contributed by atoms with Crippen LogP contribution in [-0.4, -0.2) is 23.9 Å². The number of hydrogen-bond donors (Lipinski definition) is 2. The summed E-state index contributed by atoms with van der Waals surface area (Å²) in [7, 11) is 0. The van der Waals surface area contributed by atoms with Crippen LogP contribution in [0.25, 0.3) is 0 Å². The van der Waals surface area contributed by atoms with Crippen LogP contribution in [0.5, 0.6) is 0 Å². The van der Waals surface area contributed by atoms with E-state index in [4.69, 9.17) is 10.5 Å². The highest BCUT2D eigenvalue weighted by Crippen LogP contribution is 2.14. The van der Waals surface area contributed by atoms with Crippen LogP contribution in [0.2, 0.25) is 0 Å². The van der Waals surface area contributed by atoms with Crippen molar-refractivity contribution in [1.82, 2.24) is 0 Å². The Hall–Kier alpha value is -3.15. The number of aryl methyl sites for hydroxylation is 2. The third-order valence-electron chi connectivity index (χ3n) is 3.69. The molecular formula is C19H20N2O4. The van der Waals surface area contributed by atoms with Crippen LogP contribution in [0.3, 0.4) is 0 Å². The lowest BCUT2D eigenvalue weighted by molar-refractivity contribution is -0.123. The number of benzene rings is 2. The Balaban J connectivity index is 1.99. The molecule has 130 valence electrons. The van der Waals surface area contributed by atoms with Crippen molar-refractivity contribution in [2.45, 2.75) is 26.9 Å². The molecule has 6 heteroatoms. The van der Waals surface area contributed by atoms with Crippen molar-refractivity contribution in [3.05, 3.63) is 64.7 Å². The van der Waals surface area contributed by atoms with Gasteiger partial charge in [0.15, 0.2) is 6.10 Å². The van der Waals surface area contributed by atoms with Crippen molar-refractivity contribution in [1.29, 1.82) is 0 Å². The molecule has 0 unspecified atom stereocenters. The topological polar surface area (TPSA) is 98.5 Å². The number of nitrogens with two attached hydrogens (primary N) is 1. The van der Waals surface area contributed by atoms with E-state index in [0.29, 0.717) is 16.8 Å². The second-order valence-corrected chi connectivity index (χ2v) is 5.80. The molecule has 2 amide bonds. The summed E-state index contributed by atoms with van der Waals surface area (Å²) < 4.78 is 5.23. The average molecular weight is 340 g/mol. The summed E-state index contributed by atoms with van der Waals surface area (Å²) in [6, 6.07) is 11.5. The van der Waals surface area contributed by atoms with Crippen LogP contribution < -0.4 is 11.1 Å². The van der Waals surface area contributed by atoms with Gasteiger partial charge in [-0.05, 0) is 56.7 Å². The highest BCUT2D eigenvalue weighted by molar-refractivity contribution is 5.98. The van der Waals surface area contributed by atoms with Gasteiger partial charge in [0.25, 0.3) is 5.91 Å². The number of hydrogen-bond acceptors (Lipinski definition) is 4. The van der Waals surface area contributed by atoms with Crippen LogP contribution in [0, 0.1) is 13.8 Å². The summed E-state index contributed by atoms with van der Waals surface area (Å²) in [5.41, 5.74) is 8.24. The number of primary amides is 1. The molecule has 0 aliphatic heterocycles. The molecule has 0 saturated carbocycles. The third-order valence-corrected chi connectivity index (χ3v) is 3.69. The minimum atomic E-state index is -0.968. The summed E-state index contributed by atoms with van der Waals surface area (Å²) in [6.07, 6.45) is -0.968. The summed E-state index contributed by atoms with van der Waals surface area (Å²) in [5, 5.41) is 2.62. The molecule has 0 bridgehead atoms. The summed E-state index contributed by atoms with van der Waals surface area (Å²) in [4.78, 5) is 35.4. The standard InChI is InChI=1S/C19H20N2O4/c1-11-4-9-16(12(2)10-11)19(24)25-13(3)18(23)21-15-7-5-14(6-8-15)17(20)22/h4-10,13H,1-3H3,(H2,20,22)(H,21,23)/t13-/m1/s1. The number of carbonyl (C=O) groups is 3. The first-order valence-electron chi connectivity index (χ1n) is 7.77. The number of anilines is 1. The lowest BCUT2D eigenvalue weighted by Crippen LogP contribution is -2.30. The zero-order valence-electron chi connectivity index (χ0n) is 14.3. The molecule has 0 saturated heterocycles. The molecule has 2 aromatic rings. The summed E-state index contributed by atoms with van der Waals surface area (Å²) >= 11 is 0. The molecule has 1 atom stereocenters. The van der Waals surface area contributed by atoms with E-state index in [0.717, 1.165) is 11.1 Å². The molecule has 2 rings (SSSR count). The largest absolute Gasteiger partial charge is 0.449 e. The minimum absolute atomic E-state index is 0.340. The lowest BCUT2D eigenvalue weighted by Gasteiger charge is -2.14. The van der Waals surface area contributed by atoms with Gasteiger partial charge in [0.1, 0.15) is 0 Å². The number of ether oxygens (including phenoxy) is 1. The molecule has 0 heterocycles. The number of nitrogens with one attached hydrogen (secondary N) is 1. The van der Waals surface area contributed by atoms with Gasteiger partial charge in [-0.25, -0.2) is 4.79 Å². The first kappa shape index (κ1) is 18.2. The van der Waals surface area contributed by atoms with Gasteiger partial charge in [-0.15, -0.1) is 0 Å².